The van der Waals surface area contributed by atoms with E-state index in [-0.39, 0.29) is 0 Å². The van der Waals surface area contributed by atoms with Gasteiger partial charge in [-0.1, -0.05) is 23.7 Å². The van der Waals surface area contributed by atoms with Crippen LogP contribution in [-0.4, -0.2) is 21.9 Å². The van der Waals surface area contributed by atoms with Gasteiger partial charge in [-0.3, -0.25) is 0 Å². The van der Waals surface area contributed by atoms with Gasteiger partial charge in [0, 0.05) is 17.7 Å². The molecular weight excluding hydrogens is 300 g/mol. The second-order valence-electron chi connectivity index (χ2n) is 4.51. The van der Waals surface area contributed by atoms with Crippen LogP contribution in [-0.2, 0) is 0 Å². The van der Waals surface area contributed by atoms with E-state index in [4.69, 9.17) is 21.6 Å². The van der Waals surface area contributed by atoms with Crippen LogP contribution in [0, 0.1) is 11.3 Å². The molecule has 0 unspecified atom stereocenters. The number of pyridine rings is 1. The second kappa shape index (κ2) is 5.88. The van der Waals surface area contributed by atoms with E-state index in [0.717, 1.165) is 16.9 Å². The highest BCUT2D eigenvalue weighted by molar-refractivity contribution is 6.29. The summed E-state index contributed by atoms with van der Waals surface area (Å²) in [7, 11) is 1.56. The van der Waals surface area contributed by atoms with Crippen molar-refractivity contribution in [2.75, 3.05) is 7.11 Å². The Morgan fingerprint density at radius 3 is 2.55 bits per heavy atom. The lowest BCUT2D eigenvalue weighted by Gasteiger charge is -2.08. The Morgan fingerprint density at radius 1 is 1.18 bits per heavy atom. The number of halogens is 1. The number of nitriles is 1. The minimum atomic E-state index is 0.384. The maximum absolute atomic E-state index is 8.88. The zero-order valence-corrected chi connectivity index (χ0v) is 12.4. The predicted molar refractivity (Wildman–Crippen MR) is 83.1 cm³/mol. The van der Waals surface area contributed by atoms with Crippen LogP contribution in [0.3, 0.4) is 0 Å². The Morgan fingerprint density at radius 2 is 1.95 bits per heavy atom. The van der Waals surface area contributed by atoms with E-state index < -0.39 is 0 Å². The average molecular weight is 311 g/mol. The van der Waals surface area contributed by atoms with Gasteiger partial charge in [-0.25, -0.2) is 9.67 Å². The smallest absolute Gasteiger partial charge is 0.213 e. The summed E-state index contributed by atoms with van der Waals surface area (Å²) in [6.07, 6.45) is 1.66. The van der Waals surface area contributed by atoms with E-state index in [1.54, 1.807) is 42.3 Å². The fraction of sp³-hybridized carbons (Fsp3) is 0.0625. The van der Waals surface area contributed by atoms with Crippen LogP contribution < -0.4 is 4.74 Å². The van der Waals surface area contributed by atoms with E-state index in [0.29, 0.717) is 16.6 Å². The summed E-state index contributed by atoms with van der Waals surface area (Å²) < 4.78 is 6.76. The third-order valence-electron chi connectivity index (χ3n) is 3.16. The van der Waals surface area contributed by atoms with Crippen LogP contribution in [0.1, 0.15) is 5.56 Å². The Balaban J connectivity index is 2.06. The van der Waals surface area contributed by atoms with Gasteiger partial charge in [-0.05, 0) is 18.2 Å². The van der Waals surface area contributed by atoms with Gasteiger partial charge in [0.25, 0.3) is 0 Å². The van der Waals surface area contributed by atoms with Crippen molar-refractivity contribution in [1.29, 1.82) is 5.26 Å². The van der Waals surface area contributed by atoms with Crippen LogP contribution in [0.25, 0.3) is 16.9 Å². The van der Waals surface area contributed by atoms with Gasteiger partial charge in [0.05, 0.1) is 36.3 Å². The highest BCUT2D eigenvalue weighted by atomic mass is 35.5. The highest BCUT2D eigenvalue weighted by Gasteiger charge is 2.11. The molecule has 0 bridgehead atoms. The lowest BCUT2D eigenvalue weighted by atomic mass is 10.1. The van der Waals surface area contributed by atoms with Crippen molar-refractivity contribution in [2.24, 2.45) is 0 Å². The number of hydrogen-bond acceptors (Lipinski definition) is 4. The van der Waals surface area contributed by atoms with Gasteiger partial charge >= 0.3 is 0 Å². The van der Waals surface area contributed by atoms with E-state index in [1.165, 1.54) is 0 Å². The third-order valence-corrected chi connectivity index (χ3v) is 3.35. The maximum atomic E-state index is 8.88. The number of rotatable bonds is 3. The van der Waals surface area contributed by atoms with Gasteiger partial charge in [0.2, 0.25) is 5.88 Å². The monoisotopic (exact) mass is 310 g/mol. The molecule has 0 amide bonds. The normalized spacial score (nSPS) is 10.2. The van der Waals surface area contributed by atoms with Crippen LogP contribution >= 0.6 is 11.6 Å². The minimum absolute atomic E-state index is 0.384. The van der Waals surface area contributed by atoms with Crippen LogP contribution in [0.15, 0.2) is 48.7 Å². The molecule has 2 heterocycles. The first-order chi connectivity index (χ1) is 10.7. The summed E-state index contributed by atoms with van der Waals surface area (Å²) in [5.41, 5.74) is 3.11. The molecule has 22 heavy (non-hydrogen) atoms. The molecule has 0 aliphatic carbocycles. The molecule has 3 rings (SSSR count). The summed E-state index contributed by atoms with van der Waals surface area (Å²) in [4.78, 5) is 4.18. The van der Waals surface area contributed by atoms with Crippen LogP contribution in [0.5, 0.6) is 5.88 Å². The molecule has 0 saturated carbocycles. The van der Waals surface area contributed by atoms with Gasteiger partial charge in [0.15, 0.2) is 5.15 Å². The lowest BCUT2D eigenvalue weighted by Crippen LogP contribution is -2.00. The van der Waals surface area contributed by atoms with Crippen LogP contribution in [0.4, 0.5) is 0 Å². The quantitative estimate of drug-likeness (QED) is 0.743. The number of benzene rings is 1. The molecule has 6 heteroatoms. The number of nitrogens with zero attached hydrogens (tertiary/aromatic N) is 4. The van der Waals surface area contributed by atoms with Gasteiger partial charge in [-0.15, -0.1) is 0 Å². The standard InChI is InChI=1S/C16H11ClN4O/c1-22-16-7-6-13(10-19-16)21-14(8-15(17)20-21)12-4-2-11(9-18)3-5-12/h2-8,10H,1H3. The second-order valence-corrected chi connectivity index (χ2v) is 4.90. The molecule has 0 spiro atoms. The molecule has 0 atom stereocenters. The van der Waals surface area contributed by atoms with Crippen molar-refractivity contribution in [3.8, 4) is 28.9 Å². The van der Waals surface area contributed by atoms with Crippen LogP contribution in [0.2, 0.25) is 5.15 Å². The Labute approximate surface area is 132 Å². The van der Waals surface area contributed by atoms with E-state index in [2.05, 4.69) is 16.2 Å². The first-order valence-corrected chi connectivity index (χ1v) is 6.85. The fourth-order valence-corrected chi connectivity index (χ4v) is 2.27. The average Bonchev–Trinajstić information content (AvgIpc) is 2.97. The summed E-state index contributed by atoms with van der Waals surface area (Å²) >= 11 is 6.05. The molecular formula is C16H11ClN4O. The molecule has 0 fully saturated rings. The highest BCUT2D eigenvalue weighted by Crippen LogP contribution is 2.26. The van der Waals surface area contributed by atoms with Crippen molar-refractivity contribution in [3.63, 3.8) is 0 Å². The third kappa shape index (κ3) is 2.65. The Hall–Kier alpha value is -2.84. The molecule has 2 aromatic heterocycles. The Kier molecular flexibility index (Phi) is 3.77. The van der Waals surface area contributed by atoms with Crippen molar-refractivity contribution in [2.45, 2.75) is 0 Å². The molecule has 0 aliphatic heterocycles. The number of aromatic nitrogens is 3. The summed E-state index contributed by atoms with van der Waals surface area (Å²) in [5, 5.41) is 13.6. The molecule has 0 radical (unpaired) electrons. The van der Waals surface area contributed by atoms with E-state index in [9.17, 15) is 0 Å². The molecule has 0 aliphatic rings. The largest absolute Gasteiger partial charge is 0.481 e. The van der Waals surface area contributed by atoms with Crippen molar-refractivity contribution >= 4 is 11.6 Å². The fourth-order valence-electron chi connectivity index (χ4n) is 2.09. The first kappa shape index (κ1) is 14.1. The predicted octanol–water partition coefficient (Wildman–Crippen LogP) is 3.47. The molecule has 108 valence electrons. The molecule has 1 aromatic carbocycles. The van der Waals surface area contributed by atoms with Crippen molar-refractivity contribution < 1.29 is 4.74 Å². The van der Waals surface area contributed by atoms with Crippen molar-refractivity contribution in [3.05, 3.63) is 59.4 Å². The van der Waals surface area contributed by atoms with Crippen molar-refractivity contribution in [1.82, 2.24) is 14.8 Å². The van der Waals surface area contributed by atoms with E-state index >= 15 is 0 Å². The number of hydrogen-bond donors (Lipinski definition) is 0. The zero-order chi connectivity index (χ0) is 15.5. The zero-order valence-electron chi connectivity index (χ0n) is 11.7. The van der Waals surface area contributed by atoms with Gasteiger partial charge < -0.3 is 4.74 Å². The maximum Gasteiger partial charge on any atom is 0.213 e. The number of methoxy groups -OCH3 is 1. The number of ether oxygens (including phenoxy) is 1. The molecule has 3 aromatic rings. The Bertz CT molecular complexity index is 832. The topological polar surface area (TPSA) is 63.7 Å². The van der Waals surface area contributed by atoms with Gasteiger partial charge in [-0.2, -0.15) is 10.4 Å². The van der Waals surface area contributed by atoms with Gasteiger partial charge in [0.1, 0.15) is 0 Å². The summed E-state index contributed by atoms with van der Waals surface area (Å²) in [6, 6.07) is 14.7. The summed E-state index contributed by atoms with van der Waals surface area (Å²) in [5.74, 6) is 0.530. The molecule has 0 saturated heterocycles. The minimum Gasteiger partial charge on any atom is -0.481 e. The first-order valence-electron chi connectivity index (χ1n) is 6.48. The molecule has 5 nitrogen and oxygen atoms in total. The SMILES string of the molecule is COc1ccc(-n2nc(Cl)cc2-c2ccc(C#N)cc2)cn1. The molecule has 0 N–H and O–H groups in total. The van der Waals surface area contributed by atoms with E-state index in [1.807, 2.05) is 18.2 Å². The summed E-state index contributed by atoms with van der Waals surface area (Å²) in [6.45, 7) is 0. The lowest BCUT2D eigenvalue weighted by molar-refractivity contribution is 0.397.